The summed E-state index contributed by atoms with van der Waals surface area (Å²) in [6.45, 7) is 0.143. The summed E-state index contributed by atoms with van der Waals surface area (Å²) in [6, 6.07) is 0. The van der Waals surface area contributed by atoms with Gasteiger partial charge in [0.2, 0.25) is 9.05 Å². The molecule has 1 fully saturated rings. The van der Waals surface area contributed by atoms with Crippen molar-refractivity contribution < 1.29 is 26.3 Å². The van der Waals surface area contributed by atoms with Crippen LogP contribution in [-0.2, 0) is 13.8 Å². The Morgan fingerprint density at radius 1 is 1.43 bits per heavy atom. The van der Waals surface area contributed by atoms with Crippen molar-refractivity contribution in [3.63, 3.8) is 0 Å². The maximum absolute atomic E-state index is 12.3. The van der Waals surface area contributed by atoms with Crippen LogP contribution in [0.2, 0.25) is 0 Å². The first-order chi connectivity index (χ1) is 6.23. The van der Waals surface area contributed by atoms with E-state index in [-0.39, 0.29) is 13.0 Å². The first kappa shape index (κ1) is 12.1. The fourth-order valence-electron chi connectivity index (χ4n) is 1.39. The standard InChI is InChI=1S/C6H8ClF3O3S/c7-14(11,12)5(6(8,9)10)4-2-1-3-13-4/h4-5H,1-3H2. The maximum Gasteiger partial charge on any atom is 0.409 e. The average Bonchev–Trinajstić information content (AvgIpc) is 2.31. The van der Waals surface area contributed by atoms with Crippen molar-refractivity contribution in [3.05, 3.63) is 0 Å². The molecule has 1 saturated heterocycles. The molecule has 1 heterocycles. The van der Waals surface area contributed by atoms with E-state index in [0.29, 0.717) is 6.42 Å². The molecule has 0 aromatic rings. The fourth-order valence-corrected chi connectivity index (χ4v) is 2.94. The molecule has 0 aromatic heterocycles. The van der Waals surface area contributed by atoms with Crippen LogP contribution < -0.4 is 0 Å². The zero-order valence-corrected chi connectivity index (χ0v) is 8.49. The molecule has 0 bridgehead atoms. The third-order valence-electron chi connectivity index (χ3n) is 1.93. The van der Waals surface area contributed by atoms with Gasteiger partial charge in [-0.3, -0.25) is 0 Å². The molecule has 2 unspecified atom stereocenters. The largest absolute Gasteiger partial charge is 0.409 e. The second kappa shape index (κ2) is 3.86. The first-order valence-corrected chi connectivity index (χ1v) is 6.22. The minimum Gasteiger partial charge on any atom is -0.376 e. The second-order valence-corrected chi connectivity index (χ2v) is 5.74. The molecule has 0 aromatic carbocycles. The van der Waals surface area contributed by atoms with Crippen molar-refractivity contribution in [2.24, 2.45) is 0 Å². The number of halogens is 4. The smallest absolute Gasteiger partial charge is 0.376 e. The molecule has 3 nitrogen and oxygen atoms in total. The van der Waals surface area contributed by atoms with Crippen LogP contribution in [0.4, 0.5) is 13.2 Å². The number of hydrogen-bond donors (Lipinski definition) is 0. The van der Waals surface area contributed by atoms with E-state index >= 15 is 0 Å². The van der Waals surface area contributed by atoms with E-state index in [0.717, 1.165) is 0 Å². The summed E-state index contributed by atoms with van der Waals surface area (Å²) in [5, 5.41) is -2.61. The fraction of sp³-hybridized carbons (Fsp3) is 1.00. The summed E-state index contributed by atoms with van der Waals surface area (Å²) < 4.78 is 63.1. The zero-order valence-electron chi connectivity index (χ0n) is 6.92. The Morgan fingerprint density at radius 2 is 2.00 bits per heavy atom. The van der Waals surface area contributed by atoms with Gasteiger partial charge in [0.05, 0.1) is 6.10 Å². The van der Waals surface area contributed by atoms with Crippen molar-refractivity contribution in [2.75, 3.05) is 6.61 Å². The van der Waals surface area contributed by atoms with E-state index in [9.17, 15) is 21.6 Å². The van der Waals surface area contributed by atoms with Crippen LogP contribution in [0.15, 0.2) is 0 Å². The van der Waals surface area contributed by atoms with Gasteiger partial charge in [0.25, 0.3) is 0 Å². The van der Waals surface area contributed by atoms with Crippen molar-refractivity contribution in [1.82, 2.24) is 0 Å². The van der Waals surface area contributed by atoms with Gasteiger partial charge in [-0.1, -0.05) is 0 Å². The van der Waals surface area contributed by atoms with Gasteiger partial charge >= 0.3 is 6.18 Å². The summed E-state index contributed by atoms with van der Waals surface area (Å²) in [6.07, 6.45) is -5.76. The maximum atomic E-state index is 12.3. The Labute approximate surface area is 83.6 Å². The lowest BCUT2D eigenvalue weighted by molar-refractivity contribution is -0.149. The number of ether oxygens (including phenoxy) is 1. The Balaban J connectivity index is 2.93. The molecule has 2 atom stereocenters. The van der Waals surface area contributed by atoms with Crippen LogP contribution in [0.1, 0.15) is 12.8 Å². The summed E-state index contributed by atoms with van der Waals surface area (Å²) in [5.41, 5.74) is 0. The lowest BCUT2D eigenvalue weighted by atomic mass is 10.2. The van der Waals surface area contributed by atoms with Gasteiger partial charge < -0.3 is 4.74 Å². The normalized spacial score (nSPS) is 26.4. The highest BCUT2D eigenvalue weighted by molar-refractivity contribution is 8.14. The molecule has 0 saturated carbocycles. The van der Waals surface area contributed by atoms with E-state index in [1.165, 1.54) is 0 Å². The van der Waals surface area contributed by atoms with Gasteiger partial charge in [-0.25, -0.2) is 8.42 Å². The van der Waals surface area contributed by atoms with Gasteiger partial charge in [-0.05, 0) is 12.8 Å². The van der Waals surface area contributed by atoms with E-state index in [1.54, 1.807) is 0 Å². The number of alkyl halides is 3. The molecule has 1 aliphatic heterocycles. The monoisotopic (exact) mass is 252 g/mol. The van der Waals surface area contributed by atoms with Crippen LogP contribution in [0.5, 0.6) is 0 Å². The lowest BCUT2D eigenvalue weighted by Crippen LogP contribution is -2.43. The highest BCUT2D eigenvalue weighted by atomic mass is 35.7. The number of hydrogen-bond acceptors (Lipinski definition) is 3. The predicted molar refractivity (Wildman–Crippen MR) is 43.6 cm³/mol. The minimum atomic E-state index is -4.88. The molecule has 1 rings (SSSR count). The molecule has 0 spiro atoms. The Kier molecular flexibility index (Phi) is 3.33. The van der Waals surface area contributed by atoms with E-state index in [1.807, 2.05) is 0 Å². The summed E-state index contributed by atoms with van der Waals surface area (Å²) >= 11 is 0. The molecule has 0 N–H and O–H groups in total. The van der Waals surface area contributed by atoms with Crippen LogP contribution in [0, 0.1) is 0 Å². The van der Waals surface area contributed by atoms with Crippen molar-refractivity contribution in [1.29, 1.82) is 0 Å². The van der Waals surface area contributed by atoms with Gasteiger partial charge in [0, 0.05) is 17.3 Å². The van der Waals surface area contributed by atoms with E-state index < -0.39 is 26.6 Å². The summed E-state index contributed by atoms with van der Waals surface area (Å²) in [4.78, 5) is 0. The Hall–Kier alpha value is -0.0100. The average molecular weight is 253 g/mol. The topological polar surface area (TPSA) is 43.4 Å². The zero-order chi connectivity index (χ0) is 11.0. The highest BCUT2D eigenvalue weighted by Crippen LogP contribution is 2.35. The Bertz CT molecular complexity index is 294. The van der Waals surface area contributed by atoms with Gasteiger partial charge in [0.15, 0.2) is 5.25 Å². The summed E-state index contributed by atoms with van der Waals surface area (Å²) in [7, 11) is 0.0523. The molecule has 0 radical (unpaired) electrons. The summed E-state index contributed by atoms with van der Waals surface area (Å²) in [5.74, 6) is 0. The van der Waals surface area contributed by atoms with Crippen LogP contribution in [0.3, 0.4) is 0 Å². The van der Waals surface area contributed by atoms with Crippen LogP contribution in [-0.4, -0.2) is 32.6 Å². The Morgan fingerprint density at radius 3 is 2.29 bits per heavy atom. The van der Waals surface area contributed by atoms with Gasteiger partial charge in [-0.2, -0.15) is 13.2 Å². The quantitative estimate of drug-likeness (QED) is 0.702. The predicted octanol–water partition coefficient (Wildman–Crippen LogP) is 1.66. The molecule has 84 valence electrons. The molecular weight excluding hydrogens is 245 g/mol. The van der Waals surface area contributed by atoms with E-state index in [2.05, 4.69) is 4.74 Å². The molecule has 1 aliphatic rings. The molecule has 0 amide bonds. The third-order valence-corrected chi connectivity index (χ3v) is 3.68. The number of rotatable bonds is 2. The van der Waals surface area contributed by atoms with Crippen molar-refractivity contribution >= 4 is 19.7 Å². The van der Waals surface area contributed by atoms with Crippen molar-refractivity contribution in [3.8, 4) is 0 Å². The molecule has 8 heteroatoms. The molecule has 14 heavy (non-hydrogen) atoms. The van der Waals surface area contributed by atoms with Gasteiger partial charge in [0.1, 0.15) is 0 Å². The van der Waals surface area contributed by atoms with Crippen LogP contribution in [0.25, 0.3) is 0 Å². The minimum absolute atomic E-state index is 0.0656. The van der Waals surface area contributed by atoms with Gasteiger partial charge in [-0.15, -0.1) is 0 Å². The first-order valence-electron chi connectivity index (χ1n) is 3.84. The van der Waals surface area contributed by atoms with Crippen LogP contribution >= 0.6 is 10.7 Å². The molecular formula is C6H8ClF3O3S. The SMILES string of the molecule is O=S(=O)(Cl)C(C1CCCO1)C(F)(F)F. The van der Waals surface area contributed by atoms with E-state index in [4.69, 9.17) is 10.7 Å². The highest BCUT2D eigenvalue weighted by Gasteiger charge is 2.53. The third kappa shape index (κ3) is 2.74. The molecule has 0 aliphatic carbocycles. The lowest BCUT2D eigenvalue weighted by Gasteiger charge is -2.22. The second-order valence-electron chi connectivity index (χ2n) is 2.99. The van der Waals surface area contributed by atoms with Crippen molar-refractivity contribution in [2.45, 2.75) is 30.4 Å².